The molecule has 0 spiro atoms. The molecule has 4 atom stereocenters. The first-order chi connectivity index (χ1) is 16.9. The van der Waals surface area contributed by atoms with Crippen molar-refractivity contribution in [3.05, 3.63) is 83.6 Å². The van der Waals surface area contributed by atoms with Gasteiger partial charge in [-0.3, -0.25) is 5.16 Å². The number of ether oxygens (including phenoxy) is 1. The van der Waals surface area contributed by atoms with Crippen LogP contribution >= 0.6 is 8.37 Å². The van der Waals surface area contributed by atoms with E-state index in [0.717, 1.165) is 11.1 Å². The molecule has 5 nitrogen and oxygen atoms in total. The van der Waals surface area contributed by atoms with E-state index in [-0.39, 0.29) is 14.2 Å². The van der Waals surface area contributed by atoms with Crippen LogP contribution in [-0.2, 0) is 0 Å². The maximum absolute atomic E-state index is 8.12. The van der Waals surface area contributed by atoms with Crippen molar-refractivity contribution >= 4 is 8.37 Å². The molecule has 2 bridgehead atoms. The second kappa shape index (κ2) is 14.9. The Hall–Kier alpha value is -3.14. The van der Waals surface area contributed by atoms with Crippen molar-refractivity contribution in [1.29, 1.82) is 10.4 Å². The second-order valence-electron chi connectivity index (χ2n) is 8.86. The summed E-state index contributed by atoms with van der Waals surface area (Å²) < 4.78 is 11.0. The van der Waals surface area contributed by atoms with E-state index >= 15 is 0 Å². The molecule has 0 amide bonds. The van der Waals surface area contributed by atoms with Crippen molar-refractivity contribution in [2.75, 3.05) is 0 Å². The van der Waals surface area contributed by atoms with E-state index < -0.39 is 0 Å². The molecule has 0 aliphatic heterocycles. The van der Waals surface area contributed by atoms with Gasteiger partial charge in [0.25, 0.3) is 6.26 Å². The Morgan fingerprint density at radius 3 is 1.91 bits per heavy atom. The summed E-state index contributed by atoms with van der Waals surface area (Å²) in [6, 6.07) is 14.7. The van der Waals surface area contributed by atoms with E-state index in [1.807, 2.05) is 38.1 Å². The second-order valence-corrected chi connectivity index (χ2v) is 9.40. The number of benzene rings is 2. The van der Waals surface area contributed by atoms with E-state index in [4.69, 9.17) is 18.4 Å². The van der Waals surface area contributed by atoms with Gasteiger partial charge in [-0.2, -0.15) is 11.4 Å². The molecule has 0 aromatic heterocycles. The molecule has 3 saturated carbocycles. The fraction of sp³-hybridized carbons (Fsp3) is 0.429. The molecule has 34 heavy (non-hydrogen) atoms. The molecule has 6 heteroatoms. The van der Waals surface area contributed by atoms with Crippen LogP contribution in [0.3, 0.4) is 0 Å². The highest BCUT2D eigenvalue weighted by Gasteiger charge is 2.48. The highest BCUT2D eigenvalue weighted by atomic mass is 31.1. The number of fused-ring (bicyclic) bond motifs is 5. The van der Waals surface area contributed by atoms with Crippen molar-refractivity contribution in [2.45, 2.75) is 52.4 Å². The van der Waals surface area contributed by atoms with Gasteiger partial charge in [0.1, 0.15) is 5.75 Å². The normalized spacial score (nSPS) is 23.1. The SMILES string of the molecule is C1CC2C3CCC(C3)C2C1.Cc1ccc(OC#N)cc1.[2H]C(=C)P=N.[C-]#[N+]Oc1ccc(C)cc1. The Morgan fingerprint density at radius 1 is 1.03 bits per heavy atom. The fourth-order valence-electron chi connectivity index (χ4n) is 5.33. The van der Waals surface area contributed by atoms with Gasteiger partial charge in [-0.15, -0.1) is 5.26 Å². The van der Waals surface area contributed by atoms with Gasteiger partial charge in [-0.05, 0) is 105 Å². The summed E-state index contributed by atoms with van der Waals surface area (Å²) in [5, 5.41) is 17.2. The molecule has 2 aromatic carbocycles. The molecule has 0 radical (unpaired) electrons. The first-order valence-electron chi connectivity index (χ1n) is 12.1. The van der Waals surface area contributed by atoms with E-state index in [9.17, 15) is 0 Å². The minimum Gasteiger partial charge on any atom is -0.388 e. The Balaban J connectivity index is 0.000000170. The van der Waals surface area contributed by atoms with Crippen LogP contribution in [0.1, 0.15) is 51.0 Å². The average molecular weight is 477 g/mol. The number of hydrogen-bond donors (Lipinski definition) is 1. The summed E-state index contributed by atoms with van der Waals surface area (Å²) in [5.74, 6) is 6.13. The van der Waals surface area contributed by atoms with Gasteiger partial charge in [0.2, 0.25) is 5.75 Å². The molecule has 2 aromatic rings. The number of nitriles is 1. The molecule has 3 aliphatic rings. The van der Waals surface area contributed by atoms with E-state index in [2.05, 4.69) is 21.2 Å². The highest BCUT2D eigenvalue weighted by Crippen LogP contribution is 2.58. The summed E-state index contributed by atoms with van der Waals surface area (Å²) in [7, 11) is 0.219. The minimum atomic E-state index is 0.144. The zero-order valence-corrected chi connectivity index (χ0v) is 20.9. The van der Waals surface area contributed by atoms with Crippen LogP contribution in [0, 0.1) is 60.8 Å². The monoisotopic (exact) mass is 476 g/mol. The van der Waals surface area contributed by atoms with E-state index in [1.54, 1.807) is 69.0 Å². The number of hydrogen-bond acceptors (Lipinski definition) is 4. The van der Waals surface area contributed by atoms with E-state index in [0.29, 0.717) is 11.5 Å². The third kappa shape index (κ3) is 8.66. The largest absolute Gasteiger partial charge is 0.388 e. The Morgan fingerprint density at radius 2 is 1.50 bits per heavy atom. The van der Waals surface area contributed by atoms with Gasteiger partial charge < -0.3 is 4.74 Å². The molecule has 5 rings (SSSR count). The van der Waals surface area contributed by atoms with Crippen LogP contribution in [0.2, 0.25) is 0 Å². The van der Waals surface area contributed by atoms with Crippen LogP contribution in [-0.4, -0.2) is 0 Å². The van der Waals surface area contributed by atoms with Gasteiger partial charge in [0, 0.05) is 8.37 Å². The van der Waals surface area contributed by atoms with Crippen molar-refractivity contribution in [3.8, 4) is 17.8 Å². The molecule has 0 heterocycles. The number of nitrogens with zero attached hydrogens (tertiary/aromatic N) is 2. The zero-order chi connectivity index (χ0) is 25.6. The maximum Gasteiger partial charge on any atom is 0.292 e. The summed E-state index contributed by atoms with van der Waals surface area (Å²) in [6.45, 7) is 13.5. The number of nitrogens with one attached hydrogen (secondary N) is 1. The topological polar surface area (TPSA) is 70.5 Å². The van der Waals surface area contributed by atoms with Gasteiger partial charge >= 0.3 is 0 Å². The summed E-state index contributed by atoms with van der Waals surface area (Å²) in [4.78, 5) is 4.55. The first kappa shape index (κ1) is 25.5. The molecule has 0 saturated heterocycles. The van der Waals surface area contributed by atoms with Crippen molar-refractivity contribution in [2.24, 2.45) is 23.7 Å². The lowest BCUT2D eigenvalue weighted by Gasteiger charge is -2.23. The smallest absolute Gasteiger partial charge is 0.292 e. The van der Waals surface area contributed by atoms with Crippen molar-refractivity contribution in [3.63, 3.8) is 0 Å². The lowest BCUT2D eigenvalue weighted by molar-refractivity contribution is 0.259. The molecule has 1 N–H and O–H groups in total. The molecule has 3 aliphatic carbocycles. The lowest BCUT2D eigenvalue weighted by Crippen LogP contribution is -2.15. The van der Waals surface area contributed by atoms with Crippen LogP contribution < -0.4 is 9.57 Å². The van der Waals surface area contributed by atoms with Gasteiger partial charge in [0.15, 0.2) is 0 Å². The highest BCUT2D eigenvalue weighted by molar-refractivity contribution is 7.29. The fourth-order valence-corrected chi connectivity index (χ4v) is 5.33. The third-order valence-corrected chi connectivity index (χ3v) is 6.94. The van der Waals surface area contributed by atoms with Gasteiger partial charge in [0.05, 0.1) is 1.37 Å². The first-order valence-corrected chi connectivity index (χ1v) is 12.5. The van der Waals surface area contributed by atoms with Crippen LogP contribution in [0.25, 0.3) is 5.01 Å². The van der Waals surface area contributed by atoms with Crippen molar-refractivity contribution in [1.82, 2.24) is 0 Å². The maximum atomic E-state index is 8.12. The number of aryl methyl sites for hydroxylation is 2. The van der Waals surface area contributed by atoms with Crippen LogP contribution in [0.5, 0.6) is 11.5 Å². The molecule has 4 unspecified atom stereocenters. The molecular formula is C28H34N3O2P. The Bertz CT molecular complexity index is 955. The third-order valence-electron chi connectivity index (χ3n) is 6.79. The number of rotatable bonds is 3. The predicted octanol–water partition coefficient (Wildman–Crippen LogP) is 8.73. The van der Waals surface area contributed by atoms with Gasteiger partial charge in [-0.25, -0.2) is 0 Å². The molecule has 178 valence electrons. The summed E-state index contributed by atoms with van der Waals surface area (Å²) in [6.07, 6.45) is 11.1. The summed E-state index contributed by atoms with van der Waals surface area (Å²) >= 11 is 0. The molecule has 3 fully saturated rings. The minimum absolute atomic E-state index is 0.144. The van der Waals surface area contributed by atoms with Gasteiger partial charge in [-0.1, -0.05) is 48.4 Å². The Labute approximate surface area is 207 Å². The van der Waals surface area contributed by atoms with Crippen LogP contribution in [0.4, 0.5) is 0 Å². The standard InChI is InChI=1S/C10H16.2C8H7NO.C2H4NP/c1-2-9-7-4-5-8(6-7)10(9)3-1;1-7-3-5-8(6-4-7)10-9-2;1-7-2-4-8(5-3-7)10-6-9;1-2-4-3/h7-10H,1-6H2;3-6H,1H3;2-5H,1H3;2-3H,1H2/i;;;2D. The van der Waals surface area contributed by atoms with Crippen LogP contribution in [0.15, 0.2) is 60.9 Å². The average Bonchev–Trinajstić information content (AvgIpc) is 3.59. The summed E-state index contributed by atoms with van der Waals surface area (Å²) in [5.41, 5.74) is 2.32. The zero-order valence-electron chi connectivity index (χ0n) is 21.0. The Kier molecular flexibility index (Phi) is 11.2. The van der Waals surface area contributed by atoms with Crippen molar-refractivity contribution < 1.29 is 10.9 Å². The molecular weight excluding hydrogens is 441 g/mol. The van der Waals surface area contributed by atoms with E-state index in [1.165, 1.54) is 23.7 Å². The quantitative estimate of drug-likeness (QED) is 0.208. The lowest BCUT2D eigenvalue weighted by atomic mass is 9.82. The predicted molar refractivity (Wildman–Crippen MR) is 137 cm³/mol.